The van der Waals surface area contributed by atoms with Gasteiger partial charge in [-0.1, -0.05) is 13.1 Å². The monoisotopic (exact) mass is 314 g/mol. The van der Waals surface area contributed by atoms with Crippen LogP contribution in [0.4, 0.5) is 0 Å². The van der Waals surface area contributed by atoms with Crippen molar-refractivity contribution >= 4 is 8.07 Å². The highest BCUT2D eigenvalue weighted by Gasteiger charge is 2.49. The van der Waals surface area contributed by atoms with E-state index in [0.29, 0.717) is 11.6 Å². The molecule has 0 saturated carbocycles. The van der Waals surface area contributed by atoms with Crippen molar-refractivity contribution in [2.24, 2.45) is 0 Å². The zero-order valence-electron chi connectivity index (χ0n) is 15.2. The van der Waals surface area contributed by atoms with Gasteiger partial charge in [-0.25, -0.2) is 0 Å². The zero-order chi connectivity index (χ0) is 15.9. The van der Waals surface area contributed by atoms with Gasteiger partial charge >= 0.3 is 0 Å². The molecule has 2 heterocycles. The minimum Gasteiger partial charge on any atom is -0.281 e. The van der Waals surface area contributed by atoms with Crippen LogP contribution in [-0.4, -0.2) is 118 Å². The molecule has 0 N–H and O–H groups in total. The first-order valence-electron chi connectivity index (χ1n) is 7.82. The summed E-state index contributed by atoms with van der Waals surface area (Å²) in [6.07, 6.45) is 0. The highest BCUT2D eigenvalue weighted by molar-refractivity contribution is 6.80. The second-order valence-corrected chi connectivity index (χ2v) is 12.6. The molecule has 21 heavy (non-hydrogen) atoms. The summed E-state index contributed by atoms with van der Waals surface area (Å²) in [6, 6.07) is 0. The van der Waals surface area contributed by atoms with Crippen molar-refractivity contribution in [1.29, 1.82) is 0 Å². The summed E-state index contributed by atoms with van der Waals surface area (Å²) >= 11 is 0. The topological polar surface area (TPSA) is 19.4 Å². The Labute approximate surface area is 131 Å². The van der Waals surface area contributed by atoms with Gasteiger partial charge in [0.1, 0.15) is 8.07 Å². The Morgan fingerprint density at radius 3 is 1.05 bits per heavy atom. The molecule has 0 amide bonds. The first kappa shape index (κ1) is 17.3. The van der Waals surface area contributed by atoms with E-state index in [1.165, 1.54) is 0 Å². The van der Waals surface area contributed by atoms with Crippen LogP contribution >= 0.6 is 0 Å². The summed E-state index contributed by atoms with van der Waals surface area (Å²) in [6.45, 7) is 9.35. The van der Waals surface area contributed by atoms with E-state index < -0.39 is 8.07 Å². The molecule has 0 aromatic rings. The fourth-order valence-corrected chi connectivity index (χ4v) is 10.1. The van der Waals surface area contributed by atoms with Crippen molar-refractivity contribution in [3.63, 3.8) is 0 Å². The van der Waals surface area contributed by atoms with Crippen molar-refractivity contribution in [2.75, 3.05) is 69.0 Å². The Kier molecular flexibility index (Phi) is 5.14. The molecule has 2 aliphatic heterocycles. The molecule has 2 rings (SSSR count). The molecule has 6 nitrogen and oxygen atoms in total. The fourth-order valence-electron chi connectivity index (χ4n) is 5.00. The van der Waals surface area contributed by atoms with Crippen LogP contribution in [0.25, 0.3) is 0 Å². The van der Waals surface area contributed by atoms with E-state index in [4.69, 9.17) is 0 Å². The van der Waals surface area contributed by atoms with Gasteiger partial charge in [0.05, 0.1) is 38.3 Å². The van der Waals surface area contributed by atoms with Gasteiger partial charge in [-0.05, 0) is 42.3 Å². The maximum atomic E-state index is 2.55. The molecule has 2 saturated heterocycles. The molecule has 0 aromatic heterocycles. The zero-order valence-corrected chi connectivity index (χ0v) is 16.2. The minimum absolute atomic E-state index is 0.576. The van der Waals surface area contributed by atoms with Gasteiger partial charge in [0.2, 0.25) is 0 Å². The third-order valence-electron chi connectivity index (χ3n) is 4.86. The molecule has 0 unspecified atom stereocenters. The Balaban J connectivity index is 2.23. The molecule has 2 aliphatic rings. The predicted molar refractivity (Wildman–Crippen MR) is 91.1 cm³/mol. The summed E-state index contributed by atoms with van der Waals surface area (Å²) in [5, 5.41) is 0. The van der Waals surface area contributed by atoms with Crippen LogP contribution in [-0.2, 0) is 0 Å². The average molecular weight is 315 g/mol. The molecule has 124 valence electrons. The van der Waals surface area contributed by atoms with Crippen LogP contribution in [0.3, 0.4) is 0 Å². The van der Waals surface area contributed by atoms with Gasteiger partial charge in [-0.15, -0.1) is 0 Å². The lowest BCUT2D eigenvalue weighted by Crippen LogP contribution is -2.77. The smallest absolute Gasteiger partial charge is 0.122 e. The summed E-state index contributed by atoms with van der Waals surface area (Å²) < 4.78 is 0. The van der Waals surface area contributed by atoms with Crippen molar-refractivity contribution in [2.45, 2.75) is 24.7 Å². The van der Waals surface area contributed by atoms with E-state index >= 15 is 0 Å². The van der Waals surface area contributed by atoms with Crippen LogP contribution in [0, 0.1) is 0 Å². The molecule has 0 atom stereocenters. The van der Waals surface area contributed by atoms with Crippen molar-refractivity contribution < 1.29 is 0 Å². The summed E-state index contributed by atoms with van der Waals surface area (Å²) in [5.74, 6) is 1.15. The summed E-state index contributed by atoms with van der Waals surface area (Å²) in [7, 11) is 12.0. The molecule has 7 heteroatoms. The molecule has 0 spiro atoms. The van der Waals surface area contributed by atoms with Crippen molar-refractivity contribution in [3.8, 4) is 0 Å². The Bertz CT molecular complexity index is 309. The molecule has 0 bridgehead atoms. The van der Waals surface area contributed by atoms with Gasteiger partial charge in [0.15, 0.2) is 0 Å². The quantitative estimate of drug-likeness (QED) is 0.657. The van der Waals surface area contributed by atoms with E-state index in [1.807, 2.05) is 0 Å². The van der Waals surface area contributed by atoms with E-state index in [9.17, 15) is 0 Å². The molecule has 0 aliphatic carbocycles. The lowest BCUT2D eigenvalue weighted by Gasteiger charge is -2.57. The van der Waals surface area contributed by atoms with E-state index in [0.717, 1.165) is 26.7 Å². The van der Waals surface area contributed by atoms with Crippen LogP contribution in [0.5, 0.6) is 0 Å². The molecule has 0 aromatic carbocycles. The molecular weight excluding hydrogens is 280 g/mol. The Hall–Kier alpha value is -0.0231. The lowest BCUT2D eigenvalue weighted by molar-refractivity contribution is -0.0376. The summed E-state index contributed by atoms with van der Waals surface area (Å²) in [4.78, 5) is 14.9. The second-order valence-electron chi connectivity index (χ2n) is 7.87. The van der Waals surface area contributed by atoms with Gasteiger partial charge in [0.25, 0.3) is 0 Å². The average Bonchev–Trinajstić information content (AvgIpc) is 2.23. The van der Waals surface area contributed by atoms with E-state index in [1.54, 1.807) is 0 Å². The van der Waals surface area contributed by atoms with E-state index in [2.05, 4.69) is 84.8 Å². The largest absolute Gasteiger partial charge is 0.281 e. The standard InChI is InChI=1S/C14H34N6Si/c1-15-9-17(3)13(18(4)10-15)21(7,8)14-19(5)11-16(2)12-20(14)6/h13-14H,9-12H2,1-8H3. The second kappa shape index (κ2) is 6.23. The number of hydrogen-bond acceptors (Lipinski definition) is 6. The molecule has 0 radical (unpaired) electrons. The van der Waals surface area contributed by atoms with Crippen molar-refractivity contribution in [1.82, 2.24) is 29.4 Å². The van der Waals surface area contributed by atoms with Gasteiger partial charge < -0.3 is 0 Å². The van der Waals surface area contributed by atoms with Gasteiger partial charge in [-0.3, -0.25) is 29.4 Å². The third-order valence-corrected chi connectivity index (χ3v) is 9.28. The number of rotatable bonds is 2. The first-order chi connectivity index (χ1) is 9.64. The highest BCUT2D eigenvalue weighted by atomic mass is 28.3. The van der Waals surface area contributed by atoms with Crippen LogP contribution in [0.2, 0.25) is 13.1 Å². The van der Waals surface area contributed by atoms with Crippen LogP contribution in [0.1, 0.15) is 0 Å². The molecular formula is C14H34N6Si. The SMILES string of the molecule is CN1CN(C)C([Si](C)(C)C2N(C)CN(C)CN2C)N(C)C1. The van der Waals surface area contributed by atoms with Crippen LogP contribution < -0.4 is 0 Å². The Morgan fingerprint density at radius 2 is 0.810 bits per heavy atom. The Morgan fingerprint density at radius 1 is 0.571 bits per heavy atom. The maximum absolute atomic E-state index is 2.55. The van der Waals surface area contributed by atoms with E-state index in [-0.39, 0.29) is 0 Å². The van der Waals surface area contributed by atoms with Gasteiger partial charge in [-0.2, -0.15) is 0 Å². The third kappa shape index (κ3) is 3.34. The normalized spacial score (nSPS) is 28.6. The fraction of sp³-hybridized carbons (Fsp3) is 1.00. The lowest BCUT2D eigenvalue weighted by atomic mass is 10.5. The molecule has 2 fully saturated rings. The predicted octanol–water partition coefficient (Wildman–Crippen LogP) is -0.127. The van der Waals surface area contributed by atoms with Crippen molar-refractivity contribution in [3.05, 3.63) is 0 Å². The summed E-state index contributed by atoms with van der Waals surface area (Å²) in [5.41, 5.74) is 0. The number of hydrogen-bond donors (Lipinski definition) is 0. The van der Waals surface area contributed by atoms with Crippen LogP contribution in [0.15, 0.2) is 0 Å². The highest BCUT2D eigenvalue weighted by Crippen LogP contribution is 2.29. The maximum Gasteiger partial charge on any atom is 0.122 e. The first-order valence-corrected chi connectivity index (χ1v) is 11.0. The van der Waals surface area contributed by atoms with Gasteiger partial charge in [0, 0.05) is 0 Å². The number of nitrogens with zero attached hydrogens (tertiary/aromatic N) is 6. The minimum atomic E-state index is -1.56.